The summed E-state index contributed by atoms with van der Waals surface area (Å²) >= 11 is 0. The number of carboxylic acid groups (broad SMARTS) is 1. The number of para-hydroxylation sites is 1. The van der Waals surface area contributed by atoms with Crippen LogP contribution in [0.4, 0.5) is 11.4 Å². The van der Waals surface area contributed by atoms with Crippen molar-refractivity contribution in [2.75, 3.05) is 23.7 Å². The van der Waals surface area contributed by atoms with Crippen molar-refractivity contribution in [3.63, 3.8) is 0 Å². The lowest BCUT2D eigenvalue weighted by Crippen LogP contribution is -2.10. The Hall–Kier alpha value is -3.41. The Morgan fingerprint density at radius 1 is 1.03 bits per heavy atom. The molecule has 6 heteroatoms. The highest BCUT2D eigenvalue weighted by molar-refractivity contribution is 5.92. The first-order valence-corrected chi connectivity index (χ1v) is 9.81. The van der Waals surface area contributed by atoms with Crippen molar-refractivity contribution in [3.05, 3.63) is 72.2 Å². The Labute approximate surface area is 170 Å². The number of rotatable bonds is 11. The third kappa shape index (κ3) is 5.78. The molecule has 0 radical (unpaired) electrons. The lowest BCUT2D eigenvalue weighted by molar-refractivity contribution is 0.0697. The van der Waals surface area contributed by atoms with E-state index in [1.165, 1.54) is 0 Å². The highest BCUT2D eigenvalue weighted by Gasteiger charge is 2.17. The van der Waals surface area contributed by atoms with Gasteiger partial charge in [-0.05, 0) is 42.8 Å². The zero-order valence-corrected chi connectivity index (χ0v) is 16.5. The summed E-state index contributed by atoms with van der Waals surface area (Å²) in [5.74, 6) is 1.14. The maximum absolute atomic E-state index is 11.7. The fourth-order valence-corrected chi connectivity index (χ4v) is 2.91. The van der Waals surface area contributed by atoms with Crippen LogP contribution in [-0.4, -0.2) is 24.2 Å². The minimum Gasteiger partial charge on any atom is -0.478 e. The lowest BCUT2D eigenvalue weighted by Gasteiger charge is -2.19. The van der Waals surface area contributed by atoms with E-state index in [2.05, 4.69) is 17.6 Å². The normalized spacial score (nSPS) is 10.5. The maximum atomic E-state index is 11.7. The number of hydrogen-bond donors (Lipinski definition) is 3. The molecule has 0 saturated heterocycles. The first kappa shape index (κ1) is 20.3. The molecule has 0 bridgehead atoms. The molecule has 29 heavy (non-hydrogen) atoms. The number of ether oxygens (including phenoxy) is 1. The van der Waals surface area contributed by atoms with E-state index in [1.54, 1.807) is 18.4 Å². The highest BCUT2D eigenvalue weighted by atomic mass is 16.5. The molecule has 0 amide bonds. The molecular weight excluding hydrogens is 368 g/mol. The molecular formula is C23H26N2O4. The number of carbonyl (C=O) groups is 1. The molecule has 0 atom stereocenters. The van der Waals surface area contributed by atoms with Gasteiger partial charge in [-0.25, -0.2) is 4.79 Å². The largest absolute Gasteiger partial charge is 0.478 e. The predicted molar refractivity (Wildman–Crippen MR) is 114 cm³/mol. The average Bonchev–Trinajstić information content (AvgIpc) is 3.24. The van der Waals surface area contributed by atoms with Gasteiger partial charge in [-0.15, -0.1) is 0 Å². The molecule has 6 nitrogen and oxygen atoms in total. The van der Waals surface area contributed by atoms with Gasteiger partial charge in [0.1, 0.15) is 11.5 Å². The molecule has 1 heterocycles. The van der Waals surface area contributed by atoms with E-state index in [0.29, 0.717) is 35.8 Å². The Morgan fingerprint density at radius 3 is 2.38 bits per heavy atom. The summed E-state index contributed by atoms with van der Waals surface area (Å²) in [7, 11) is 0. The summed E-state index contributed by atoms with van der Waals surface area (Å²) in [6.07, 6.45) is 4.33. The second-order valence-electron chi connectivity index (χ2n) is 6.66. The second-order valence-corrected chi connectivity index (χ2v) is 6.66. The van der Waals surface area contributed by atoms with Gasteiger partial charge in [-0.3, -0.25) is 0 Å². The minimum atomic E-state index is -0.983. The molecule has 152 valence electrons. The van der Waals surface area contributed by atoms with Gasteiger partial charge in [0.25, 0.3) is 0 Å². The van der Waals surface area contributed by atoms with Gasteiger partial charge < -0.3 is 24.9 Å². The molecule has 0 aliphatic rings. The SMILES string of the molecule is CCCCNc1cc(C(=O)O)cc(NCCc2ccco2)c1Oc1ccccc1. The molecule has 3 N–H and O–H groups in total. The van der Waals surface area contributed by atoms with Crippen molar-refractivity contribution in [2.24, 2.45) is 0 Å². The number of unbranched alkanes of at least 4 members (excludes halogenated alkanes) is 1. The molecule has 3 rings (SSSR count). The van der Waals surface area contributed by atoms with Crippen LogP contribution < -0.4 is 15.4 Å². The number of hydrogen-bond acceptors (Lipinski definition) is 5. The van der Waals surface area contributed by atoms with E-state index < -0.39 is 5.97 Å². The van der Waals surface area contributed by atoms with Crippen molar-refractivity contribution in [3.8, 4) is 11.5 Å². The second kappa shape index (κ2) is 10.2. The van der Waals surface area contributed by atoms with Crippen LogP contribution >= 0.6 is 0 Å². The van der Waals surface area contributed by atoms with Crippen molar-refractivity contribution in [2.45, 2.75) is 26.2 Å². The number of aromatic carboxylic acids is 1. The quantitative estimate of drug-likeness (QED) is 0.365. The fraction of sp³-hybridized carbons (Fsp3) is 0.261. The molecule has 0 spiro atoms. The molecule has 0 unspecified atom stereocenters. The standard InChI is InChI=1S/C23H26N2O4/c1-2-3-12-24-20-15-17(23(26)27)16-21(25-13-11-18-10-7-14-28-18)22(20)29-19-8-5-4-6-9-19/h4-10,14-16,24-25H,2-3,11-13H2,1H3,(H,26,27). The lowest BCUT2D eigenvalue weighted by atomic mass is 10.1. The van der Waals surface area contributed by atoms with E-state index >= 15 is 0 Å². The van der Waals surface area contributed by atoms with Crippen molar-refractivity contribution >= 4 is 17.3 Å². The van der Waals surface area contributed by atoms with Crippen LogP contribution in [0.25, 0.3) is 0 Å². The highest BCUT2D eigenvalue weighted by Crippen LogP contribution is 2.38. The molecule has 0 fully saturated rings. The van der Waals surface area contributed by atoms with E-state index in [4.69, 9.17) is 9.15 Å². The van der Waals surface area contributed by atoms with Crippen LogP contribution in [0, 0.1) is 0 Å². The first-order chi connectivity index (χ1) is 14.2. The smallest absolute Gasteiger partial charge is 0.335 e. The van der Waals surface area contributed by atoms with Crippen LogP contribution in [-0.2, 0) is 6.42 Å². The fourth-order valence-electron chi connectivity index (χ4n) is 2.91. The van der Waals surface area contributed by atoms with Crippen LogP contribution in [0.2, 0.25) is 0 Å². The summed E-state index contributed by atoms with van der Waals surface area (Å²) < 4.78 is 11.5. The van der Waals surface area contributed by atoms with Crippen molar-refractivity contribution in [1.82, 2.24) is 0 Å². The van der Waals surface area contributed by atoms with E-state index in [-0.39, 0.29) is 5.56 Å². The number of anilines is 2. The monoisotopic (exact) mass is 394 g/mol. The zero-order chi connectivity index (χ0) is 20.5. The zero-order valence-electron chi connectivity index (χ0n) is 16.5. The average molecular weight is 394 g/mol. The van der Waals surface area contributed by atoms with E-state index in [9.17, 15) is 9.90 Å². The summed E-state index contributed by atoms with van der Waals surface area (Å²) in [6.45, 7) is 3.42. The molecule has 0 saturated carbocycles. The number of carboxylic acids is 1. The van der Waals surface area contributed by atoms with Gasteiger partial charge in [0, 0.05) is 19.5 Å². The number of furan rings is 1. The molecule has 0 aliphatic carbocycles. The molecule has 0 aliphatic heterocycles. The van der Waals surface area contributed by atoms with Gasteiger partial charge in [0.15, 0.2) is 5.75 Å². The third-order valence-corrected chi connectivity index (χ3v) is 4.41. The molecule has 1 aromatic heterocycles. The summed E-state index contributed by atoms with van der Waals surface area (Å²) in [6, 6.07) is 16.4. The predicted octanol–water partition coefficient (Wildman–Crippen LogP) is 5.64. The Morgan fingerprint density at radius 2 is 1.76 bits per heavy atom. The van der Waals surface area contributed by atoms with Gasteiger partial charge in [0.05, 0.1) is 23.2 Å². The van der Waals surface area contributed by atoms with E-state index in [1.807, 2.05) is 42.5 Å². The van der Waals surface area contributed by atoms with Gasteiger partial charge >= 0.3 is 5.97 Å². The summed E-state index contributed by atoms with van der Waals surface area (Å²) in [5, 5.41) is 16.2. The summed E-state index contributed by atoms with van der Waals surface area (Å²) in [4.78, 5) is 11.7. The van der Waals surface area contributed by atoms with Gasteiger partial charge in [-0.1, -0.05) is 31.5 Å². The molecule has 2 aromatic carbocycles. The number of nitrogens with one attached hydrogen (secondary N) is 2. The maximum Gasteiger partial charge on any atom is 0.335 e. The summed E-state index contributed by atoms with van der Waals surface area (Å²) in [5.41, 5.74) is 1.48. The van der Waals surface area contributed by atoms with Crippen LogP contribution in [0.1, 0.15) is 35.9 Å². The Bertz CT molecular complexity index is 908. The van der Waals surface area contributed by atoms with Crippen molar-refractivity contribution in [1.29, 1.82) is 0 Å². The van der Waals surface area contributed by atoms with Gasteiger partial charge in [-0.2, -0.15) is 0 Å². The van der Waals surface area contributed by atoms with Crippen molar-refractivity contribution < 1.29 is 19.1 Å². The van der Waals surface area contributed by atoms with Crippen LogP contribution in [0.5, 0.6) is 11.5 Å². The third-order valence-electron chi connectivity index (χ3n) is 4.41. The first-order valence-electron chi connectivity index (χ1n) is 9.81. The molecule has 3 aromatic rings. The van der Waals surface area contributed by atoms with E-state index in [0.717, 1.165) is 25.1 Å². The van der Waals surface area contributed by atoms with Crippen LogP contribution in [0.15, 0.2) is 65.3 Å². The van der Waals surface area contributed by atoms with Gasteiger partial charge in [0.2, 0.25) is 0 Å². The minimum absolute atomic E-state index is 0.199. The number of benzene rings is 2. The Kier molecular flexibility index (Phi) is 7.16. The Balaban J connectivity index is 1.90. The topological polar surface area (TPSA) is 83.7 Å². The van der Waals surface area contributed by atoms with Crippen LogP contribution in [0.3, 0.4) is 0 Å².